The fourth-order valence-electron chi connectivity index (χ4n) is 6.46. The van der Waals surface area contributed by atoms with E-state index < -0.39 is 58.2 Å². The molecule has 0 saturated carbocycles. The van der Waals surface area contributed by atoms with E-state index in [2.05, 4.69) is 0 Å². The van der Waals surface area contributed by atoms with Crippen molar-refractivity contribution in [2.45, 2.75) is 76.2 Å². The van der Waals surface area contributed by atoms with Crippen molar-refractivity contribution in [3.63, 3.8) is 0 Å². The third kappa shape index (κ3) is 7.87. The fourth-order valence-corrected chi connectivity index (χ4v) is 8.24. The van der Waals surface area contributed by atoms with E-state index in [4.69, 9.17) is 18.9 Å². The minimum absolute atomic E-state index is 0.104. The molecule has 48 heavy (non-hydrogen) atoms. The Labute approximate surface area is 284 Å². The number of likely N-dealkylation sites (tertiary alicyclic amines) is 1. The number of benzene rings is 2. The smallest absolute Gasteiger partial charge is 0.410 e. The largest absolute Gasteiger partial charge is 0.448 e. The van der Waals surface area contributed by atoms with E-state index in [1.54, 1.807) is 32.6 Å². The van der Waals surface area contributed by atoms with Gasteiger partial charge < -0.3 is 24.4 Å². The molecule has 3 aliphatic rings. The van der Waals surface area contributed by atoms with Crippen molar-refractivity contribution in [1.82, 2.24) is 14.7 Å². The SMILES string of the molecule is C[C@@H](O)[C@H]1C(=O)N2C(C(=O)OC(c3ccccc3)c3ccccc3)=C(S[C@H]3C[C@H](CONS(=O)(=O)O)N(C(=O)OC(C)(C)C)C3)[C@H](C)[C@H]12. The summed E-state index contributed by atoms with van der Waals surface area (Å²) in [5, 5.41) is 10.2. The van der Waals surface area contributed by atoms with Gasteiger partial charge in [0.1, 0.15) is 11.3 Å². The summed E-state index contributed by atoms with van der Waals surface area (Å²) in [4.78, 5) is 50.9. The van der Waals surface area contributed by atoms with Crippen molar-refractivity contribution in [2.75, 3.05) is 13.2 Å². The molecule has 2 aromatic carbocycles. The molecule has 0 bridgehead atoms. The van der Waals surface area contributed by atoms with Crippen LogP contribution in [0.2, 0.25) is 0 Å². The van der Waals surface area contributed by atoms with Crippen LogP contribution in [0.15, 0.2) is 71.3 Å². The van der Waals surface area contributed by atoms with Crippen LogP contribution in [-0.4, -0.2) is 88.0 Å². The molecule has 0 aromatic heterocycles. The Balaban J connectivity index is 1.46. The van der Waals surface area contributed by atoms with E-state index in [0.717, 1.165) is 11.1 Å². The average Bonchev–Trinajstić information content (AvgIpc) is 3.51. The summed E-state index contributed by atoms with van der Waals surface area (Å²) in [7, 11) is -4.64. The molecule has 0 spiro atoms. The first-order valence-electron chi connectivity index (χ1n) is 15.6. The third-order valence-corrected chi connectivity index (χ3v) is 10.3. The van der Waals surface area contributed by atoms with Crippen LogP contribution in [0.1, 0.15) is 58.3 Å². The number of ether oxygens (including phenoxy) is 2. The number of aliphatic hydroxyl groups excluding tert-OH is 1. The van der Waals surface area contributed by atoms with Gasteiger partial charge in [0.15, 0.2) is 6.10 Å². The maximum atomic E-state index is 14.2. The summed E-state index contributed by atoms with van der Waals surface area (Å²) in [6, 6.07) is 17.4. The maximum Gasteiger partial charge on any atom is 0.410 e. The van der Waals surface area contributed by atoms with E-state index in [-0.39, 0.29) is 35.9 Å². The Kier molecular flexibility index (Phi) is 10.6. The van der Waals surface area contributed by atoms with Crippen molar-refractivity contribution >= 4 is 40.0 Å². The van der Waals surface area contributed by atoms with Crippen LogP contribution in [0.5, 0.6) is 0 Å². The number of amides is 2. The molecule has 3 N–H and O–H groups in total. The van der Waals surface area contributed by atoms with Crippen molar-refractivity contribution < 1.29 is 46.8 Å². The summed E-state index contributed by atoms with van der Waals surface area (Å²) < 4.78 is 43.2. The lowest BCUT2D eigenvalue weighted by Crippen LogP contribution is -2.63. The van der Waals surface area contributed by atoms with E-state index in [1.165, 1.54) is 21.6 Å². The highest BCUT2D eigenvalue weighted by atomic mass is 32.2. The number of β-lactam (4-membered cyclic amide) rings is 1. The zero-order valence-corrected chi connectivity index (χ0v) is 28.9. The lowest BCUT2D eigenvalue weighted by atomic mass is 9.79. The summed E-state index contributed by atoms with van der Waals surface area (Å²) >= 11 is 1.33. The molecule has 3 aliphatic heterocycles. The van der Waals surface area contributed by atoms with Gasteiger partial charge in [0.25, 0.3) is 0 Å². The van der Waals surface area contributed by atoms with Gasteiger partial charge in [-0.3, -0.25) is 14.2 Å². The Hall–Kier alpha value is -3.47. The molecule has 0 unspecified atom stereocenters. The van der Waals surface area contributed by atoms with Gasteiger partial charge in [-0.1, -0.05) is 72.5 Å². The number of thioether (sulfide) groups is 1. The summed E-state index contributed by atoms with van der Waals surface area (Å²) in [5.41, 5.74) is 0.789. The summed E-state index contributed by atoms with van der Waals surface area (Å²) in [5.74, 6) is -2.10. The number of nitrogens with zero attached hydrogens (tertiary/aromatic N) is 2. The van der Waals surface area contributed by atoms with Crippen LogP contribution in [0.4, 0.5) is 4.79 Å². The van der Waals surface area contributed by atoms with E-state index in [1.807, 2.05) is 67.6 Å². The van der Waals surface area contributed by atoms with Crippen LogP contribution in [0.25, 0.3) is 0 Å². The number of nitrogens with one attached hydrogen (secondary N) is 1. The Morgan fingerprint density at radius 3 is 2.17 bits per heavy atom. The molecule has 2 amide bonds. The predicted octanol–water partition coefficient (Wildman–Crippen LogP) is 3.82. The summed E-state index contributed by atoms with van der Waals surface area (Å²) in [6.45, 7) is 8.49. The van der Waals surface area contributed by atoms with Gasteiger partial charge in [0.2, 0.25) is 5.91 Å². The van der Waals surface area contributed by atoms with Crippen molar-refractivity contribution in [3.05, 3.63) is 82.4 Å². The number of rotatable bonds is 11. The van der Waals surface area contributed by atoms with E-state index >= 15 is 0 Å². The van der Waals surface area contributed by atoms with Gasteiger partial charge in [0, 0.05) is 22.6 Å². The van der Waals surface area contributed by atoms with E-state index in [0.29, 0.717) is 11.3 Å². The van der Waals surface area contributed by atoms with E-state index in [9.17, 15) is 27.9 Å². The second kappa shape index (κ2) is 14.2. The van der Waals surface area contributed by atoms with Gasteiger partial charge >= 0.3 is 22.4 Å². The Bertz CT molecular complexity index is 1610. The number of hydrogen-bond donors (Lipinski definition) is 3. The highest BCUT2D eigenvalue weighted by Gasteiger charge is 2.60. The number of carbonyl (C=O) groups is 3. The van der Waals surface area contributed by atoms with Crippen molar-refractivity contribution in [2.24, 2.45) is 11.8 Å². The zero-order chi connectivity index (χ0) is 35.0. The first-order chi connectivity index (χ1) is 22.6. The minimum atomic E-state index is -4.64. The molecule has 2 saturated heterocycles. The molecule has 0 radical (unpaired) electrons. The van der Waals surface area contributed by atoms with Crippen LogP contribution >= 0.6 is 11.8 Å². The lowest BCUT2D eigenvalue weighted by molar-refractivity contribution is -0.165. The third-order valence-electron chi connectivity index (χ3n) is 8.47. The molecular weight excluding hydrogens is 663 g/mol. The first kappa shape index (κ1) is 35.8. The quantitative estimate of drug-likeness (QED) is 0.135. The standard InChI is InChI=1S/C33H41N3O10S2/c1-19-26-25(20(2)37)30(38)36(26)27(31(39)45-28(21-12-8-6-9-13-21)22-14-10-7-11-15-22)29(19)47-24-16-23(18-44-34-48(41,42)43)35(17-24)32(40)46-33(3,4)5/h6-15,19-20,23-26,28,34,37H,16-18H2,1-5H3,(H,41,42,43)/t19-,20-,23-,24+,25-,26-/m1/s1. The lowest BCUT2D eigenvalue weighted by Gasteiger charge is -2.46. The number of esters is 1. The number of fused-ring (bicyclic) bond motifs is 1. The first-order valence-corrected chi connectivity index (χ1v) is 18.0. The molecular formula is C33H41N3O10S2. The number of aliphatic hydroxyl groups is 1. The highest BCUT2D eigenvalue weighted by Crippen LogP contribution is 2.53. The Morgan fingerprint density at radius 2 is 1.65 bits per heavy atom. The van der Waals surface area contributed by atoms with Crippen LogP contribution in [0.3, 0.4) is 0 Å². The molecule has 6 atom stereocenters. The molecule has 3 heterocycles. The van der Waals surface area contributed by atoms with Gasteiger partial charge in [-0.15, -0.1) is 11.8 Å². The number of hydrogen-bond acceptors (Lipinski definition) is 10. The normalized spacial score (nSPS) is 24.8. The molecule has 2 fully saturated rings. The zero-order valence-electron chi connectivity index (χ0n) is 27.3. The number of carbonyl (C=O) groups excluding carboxylic acids is 3. The van der Waals surface area contributed by atoms with Gasteiger partial charge in [-0.25, -0.2) is 9.59 Å². The second-order valence-corrected chi connectivity index (χ2v) is 15.7. The maximum absolute atomic E-state index is 14.2. The second-order valence-electron chi connectivity index (χ2n) is 13.2. The van der Waals surface area contributed by atoms with Gasteiger partial charge in [-0.2, -0.15) is 8.42 Å². The molecule has 15 heteroatoms. The van der Waals surface area contributed by atoms with Gasteiger partial charge in [-0.05, 0) is 45.2 Å². The predicted molar refractivity (Wildman–Crippen MR) is 176 cm³/mol. The fraction of sp³-hybridized carbons (Fsp3) is 0.485. The minimum Gasteiger partial charge on any atom is -0.448 e. The van der Waals surface area contributed by atoms with Gasteiger partial charge in [0.05, 0.1) is 30.7 Å². The van der Waals surface area contributed by atoms with Crippen LogP contribution in [-0.2, 0) is 34.2 Å². The molecule has 13 nitrogen and oxygen atoms in total. The van der Waals surface area contributed by atoms with Crippen molar-refractivity contribution in [3.8, 4) is 0 Å². The highest BCUT2D eigenvalue weighted by molar-refractivity contribution is 8.03. The molecule has 5 rings (SSSR count). The molecule has 260 valence electrons. The topological polar surface area (TPSA) is 172 Å². The molecule has 0 aliphatic carbocycles. The monoisotopic (exact) mass is 703 g/mol. The average molecular weight is 704 g/mol. The molecule has 2 aromatic rings. The van der Waals surface area contributed by atoms with Crippen LogP contribution in [0, 0.1) is 11.8 Å². The Morgan fingerprint density at radius 1 is 1.06 bits per heavy atom. The summed E-state index contributed by atoms with van der Waals surface area (Å²) in [6.07, 6.45) is -2.02. The van der Waals surface area contributed by atoms with Crippen molar-refractivity contribution in [1.29, 1.82) is 0 Å². The van der Waals surface area contributed by atoms with Crippen LogP contribution < -0.4 is 4.89 Å².